The topological polar surface area (TPSA) is 121 Å². The minimum atomic E-state index is -1.95. The van der Waals surface area contributed by atoms with Gasteiger partial charge in [0.2, 0.25) is 0 Å². The average Bonchev–Trinajstić information content (AvgIpc) is 3.35. The zero-order valence-electron chi connectivity index (χ0n) is 41.5. The van der Waals surface area contributed by atoms with Crippen LogP contribution in [0.25, 0.3) is 0 Å². The van der Waals surface area contributed by atoms with Crippen molar-refractivity contribution in [2.24, 2.45) is 0 Å². The SMILES string of the molecule is CCOC(=O)/C(C)=C/C=C/C(C)=C/C=C/C=C(C)/C=C/C=C(\C)CC.CCOC(=O)/C(C)=C/C[P+](c1ccccc1)(c1ccccc1)c1ccccc1.C\C(C=O)=C/C=C/C=C(\C)C=O.O=C=O. The summed E-state index contributed by atoms with van der Waals surface area (Å²) in [6.45, 7) is 19.8. The maximum Gasteiger partial charge on any atom is 0.373 e. The Kier molecular flexibility index (Phi) is 34.1. The molecular formula is C59H70O8P+. The predicted molar refractivity (Wildman–Crippen MR) is 284 cm³/mol. The number of benzene rings is 3. The van der Waals surface area contributed by atoms with Crippen LogP contribution in [0.1, 0.15) is 75.7 Å². The summed E-state index contributed by atoms with van der Waals surface area (Å²) < 4.78 is 10.1. The van der Waals surface area contributed by atoms with Crippen LogP contribution in [0.15, 0.2) is 221 Å². The summed E-state index contributed by atoms with van der Waals surface area (Å²) in [4.78, 5) is 60.1. The van der Waals surface area contributed by atoms with Crippen molar-refractivity contribution in [1.82, 2.24) is 0 Å². The molecule has 0 spiro atoms. The van der Waals surface area contributed by atoms with E-state index in [2.05, 4.69) is 124 Å². The number of esters is 2. The quantitative estimate of drug-likeness (QED) is 0.0361. The van der Waals surface area contributed by atoms with Crippen LogP contribution in [0.4, 0.5) is 0 Å². The number of hydrogen-bond acceptors (Lipinski definition) is 8. The largest absolute Gasteiger partial charge is 0.463 e. The van der Waals surface area contributed by atoms with Crippen molar-refractivity contribution in [1.29, 1.82) is 0 Å². The normalized spacial score (nSPS) is 12.9. The molecule has 358 valence electrons. The first-order valence-corrected chi connectivity index (χ1v) is 24.4. The van der Waals surface area contributed by atoms with E-state index in [0.717, 1.165) is 30.7 Å². The molecule has 0 saturated heterocycles. The van der Waals surface area contributed by atoms with Crippen LogP contribution in [-0.2, 0) is 38.2 Å². The fourth-order valence-electron chi connectivity index (χ4n) is 5.57. The van der Waals surface area contributed by atoms with Gasteiger partial charge >= 0.3 is 18.1 Å². The number of allylic oxidation sites excluding steroid dienone is 20. The molecule has 0 aliphatic heterocycles. The van der Waals surface area contributed by atoms with E-state index in [4.69, 9.17) is 19.1 Å². The molecule has 0 radical (unpaired) electrons. The summed E-state index contributed by atoms with van der Waals surface area (Å²) >= 11 is 0. The van der Waals surface area contributed by atoms with E-state index < -0.39 is 7.26 Å². The van der Waals surface area contributed by atoms with Crippen LogP contribution in [0.3, 0.4) is 0 Å². The highest BCUT2D eigenvalue weighted by Gasteiger charge is 2.44. The van der Waals surface area contributed by atoms with E-state index in [0.29, 0.717) is 35.5 Å². The molecule has 0 amide bonds. The predicted octanol–water partition coefficient (Wildman–Crippen LogP) is 12.2. The van der Waals surface area contributed by atoms with Crippen LogP contribution >= 0.6 is 7.26 Å². The minimum Gasteiger partial charge on any atom is -0.463 e. The van der Waals surface area contributed by atoms with Crippen molar-refractivity contribution in [3.63, 3.8) is 0 Å². The summed E-state index contributed by atoms with van der Waals surface area (Å²) in [5.74, 6) is -0.513. The van der Waals surface area contributed by atoms with E-state index in [1.807, 2.05) is 69.4 Å². The molecule has 0 saturated carbocycles. The maximum atomic E-state index is 12.2. The summed E-state index contributed by atoms with van der Waals surface area (Å²) in [7, 11) is -1.95. The average molecular weight is 938 g/mol. The van der Waals surface area contributed by atoms with Gasteiger partial charge in [-0.05, 0) is 122 Å². The summed E-state index contributed by atoms with van der Waals surface area (Å²) in [5.41, 5.74) is 6.25. The van der Waals surface area contributed by atoms with Crippen LogP contribution in [-0.4, -0.2) is 50.0 Å². The third-order valence-electron chi connectivity index (χ3n) is 9.49. The molecule has 3 aromatic carbocycles. The minimum absolute atomic E-state index is 0.241. The number of carbonyl (C=O) groups is 4. The van der Waals surface area contributed by atoms with Gasteiger partial charge in [0.15, 0.2) is 0 Å². The van der Waals surface area contributed by atoms with Crippen molar-refractivity contribution in [3.8, 4) is 0 Å². The van der Waals surface area contributed by atoms with Crippen LogP contribution in [0.5, 0.6) is 0 Å². The Morgan fingerprint density at radius 3 is 1.16 bits per heavy atom. The standard InChI is InChI=1S/C25H26O2P.C23H32O2.C10H12O2.CO2/c1-3-27-25(26)21(2)19-20-28(22-13-7-4-8-14-22,23-15-9-5-10-16-23)24-17-11-6-12-18-24;1-7-19(3)15-11-16-20(4)13-9-10-14-21(5)17-12-18-22(6)23(24)25-8-2;1-9(7-11)5-3-4-6-10(2)8-12;2-1-3/h4-19H,3,20H2,1-2H3;9-18H,7-8H2,1-6H3;3-8H,1-2H3;/q+1;;;/b21-19+;10-9+,16-11+,17-12+,19-15+,20-13+,21-14+,22-18+;4-3+,9-5+,10-6+;. The van der Waals surface area contributed by atoms with Crippen LogP contribution in [0.2, 0.25) is 0 Å². The van der Waals surface area contributed by atoms with Crippen LogP contribution in [0, 0.1) is 0 Å². The molecule has 0 heterocycles. The first-order valence-electron chi connectivity index (χ1n) is 22.4. The Labute approximate surface area is 406 Å². The third kappa shape index (κ3) is 26.1. The first-order chi connectivity index (χ1) is 32.7. The van der Waals surface area contributed by atoms with Gasteiger partial charge in [-0.25, -0.2) is 9.59 Å². The monoisotopic (exact) mass is 937 g/mol. The zero-order valence-corrected chi connectivity index (χ0v) is 42.4. The first kappa shape index (κ1) is 60.9. The van der Waals surface area contributed by atoms with E-state index in [1.54, 1.807) is 58.1 Å². The highest BCUT2D eigenvalue weighted by atomic mass is 31.2. The number of hydrogen-bond donors (Lipinski definition) is 0. The number of ether oxygens (including phenoxy) is 2. The van der Waals surface area contributed by atoms with E-state index in [9.17, 15) is 19.2 Å². The van der Waals surface area contributed by atoms with Crippen molar-refractivity contribution in [2.45, 2.75) is 75.7 Å². The molecule has 0 unspecified atom stereocenters. The number of carbonyl (C=O) groups excluding carboxylic acids is 6. The summed E-state index contributed by atoms with van der Waals surface area (Å²) in [6, 6.07) is 32.0. The van der Waals surface area contributed by atoms with Crippen molar-refractivity contribution in [3.05, 3.63) is 221 Å². The molecule has 0 aliphatic rings. The molecule has 8 nitrogen and oxygen atoms in total. The molecule has 0 atom stereocenters. The Hall–Kier alpha value is -7.11. The fraction of sp³-hybridized carbons (Fsp3) is 0.237. The van der Waals surface area contributed by atoms with Gasteiger partial charge in [0.05, 0.1) is 19.4 Å². The molecule has 0 bridgehead atoms. The van der Waals surface area contributed by atoms with E-state index in [1.165, 1.54) is 27.1 Å². The molecule has 9 heteroatoms. The lowest BCUT2D eigenvalue weighted by Crippen LogP contribution is -2.33. The van der Waals surface area contributed by atoms with Gasteiger partial charge in [-0.2, -0.15) is 9.59 Å². The molecular weight excluding hydrogens is 868 g/mol. The van der Waals surface area contributed by atoms with Gasteiger partial charge in [0, 0.05) is 11.1 Å². The summed E-state index contributed by atoms with van der Waals surface area (Å²) in [6.07, 6.45) is 32.6. The van der Waals surface area contributed by atoms with E-state index in [-0.39, 0.29) is 18.1 Å². The van der Waals surface area contributed by atoms with E-state index >= 15 is 0 Å². The fourth-order valence-corrected chi connectivity index (χ4v) is 9.69. The van der Waals surface area contributed by atoms with Crippen LogP contribution < -0.4 is 15.9 Å². The van der Waals surface area contributed by atoms with Gasteiger partial charge in [-0.15, -0.1) is 0 Å². The third-order valence-corrected chi connectivity index (χ3v) is 13.8. The molecule has 0 aromatic heterocycles. The second kappa shape index (κ2) is 38.0. The lowest BCUT2D eigenvalue weighted by atomic mass is 10.2. The second-order valence-corrected chi connectivity index (χ2v) is 18.5. The molecule has 3 rings (SSSR count). The smallest absolute Gasteiger partial charge is 0.373 e. The Morgan fingerprint density at radius 2 is 0.824 bits per heavy atom. The van der Waals surface area contributed by atoms with Crippen molar-refractivity contribution in [2.75, 3.05) is 19.4 Å². The van der Waals surface area contributed by atoms with Gasteiger partial charge in [-0.3, -0.25) is 9.59 Å². The molecule has 3 aromatic rings. The molecule has 0 fully saturated rings. The Bertz CT molecular complexity index is 2240. The Morgan fingerprint density at radius 1 is 0.485 bits per heavy atom. The van der Waals surface area contributed by atoms with Gasteiger partial charge < -0.3 is 9.47 Å². The molecule has 0 aliphatic carbocycles. The Balaban J connectivity index is 0.00000103. The lowest BCUT2D eigenvalue weighted by Gasteiger charge is -2.26. The van der Waals surface area contributed by atoms with Gasteiger partial charge in [-0.1, -0.05) is 163 Å². The zero-order chi connectivity index (χ0) is 51.0. The maximum absolute atomic E-state index is 12.2. The summed E-state index contributed by atoms with van der Waals surface area (Å²) in [5, 5.41) is 3.92. The van der Waals surface area contributed by atoms with Gasteiger partial charge in [0.1, 0.15) is 35.7 Å². The number of rotatable bonds is 20. The highest BCUT2D eigenvalue weighted by Crippen LogP contribution is 2.55. The van der Waals surface area contributed by atoms with Crippen molar-refractivity contribution >= 4 is 53.8 Å². The lowest BCUT2D eigenvalue weighted by molar-refractivity contribution is -0.191. The number of aldehydes is 2. The molecule has 0 N–H and O–H groups in total. The van der Waals surface area contributed by atoms with Gasteiger partial charge in [0.25, 0.3) is 0 Å². The highest BCUT2D eigenvalue weighted by molar-refractivity contribution is 7.95. The second-order valence-electron chi connectivity index (χ2n) is 15.0. The van der Waals surface area contributed by atoms with Crippen molar-refractivity contribution < 1.29 is 38.2 Å². The molecule has 68 heavy (non-hydrogen) atoms.